The Morgan fingerprint density at radius 2 is 1.81 bits per heavy atom. The molecule has 0 unspecified atom stereocenters. The fourth-order valence-electron chi connectivity index (χ4n) is 2.81. The second kappa shape index (κ2) is 7.16. The average Bonchev–Trinajstić information content (AvgIpc) is 2.62. The summed E-state index contributed by atoms with van der Waals surface area (Å²) in [5.74, 6) is 0.488. The SMILES string of the molecule is Cc1ccc(NC(=O)COc2ccc(C(C)(C)C)cc2)c2cccnc12. The van der Waals surface area contributed by atoms with E-state index in [2.05, 4.69) is 31.1 Å². The van der Waals surface area contributed by atoms with Gasteiger partial charge in [-0.2, -0.15) is 0 Å². The number of amides is 1. The molecule has 26 heavy (non-hydrogen) atoms. The quantitative estimate of drug-likeness (QED) is 0.733. The number of aromatic nitrogens is 1. The molecule has 1 aromatic heterocycles. The van der Waals surface area contributed by atoms with Gasteiger partial charge in [0.25, 0.3) is 5.91 Å². The number of fused-ring (bicyclic) bond motifs is 1. The minimum Gasteiger partial charge on any atom is -0.484 e. The summed E-state index contributed by atoms with van der Waals surface area (Å²) in [4.78, 5) is 16.7. The van der Waals surface area contributed by atoms with Crippen LogP contribution in [-0.4, -0.2) is 17.5 Å². The zero-order chi connectivity index (χ0) is 18.7. The van der Waals surface area contributed by atoms with Gasteiger partial charge in [0.15, 0.2) is 6.61 Å². The van der Waals surface area contributed by atoms with Gasteiger partial charge in [0.05, 0.1) is 11.2 Å². The molecule has 1 heterocycles. The first kappa shape index (κ1) is 17.9. The van der Waals surface area contributed by atoms with Crippen molar-refractivity contribution >= 4 is 22.5 Å². The second-order valence-electron chi connectivity index (χ2n) is 7.44. The van der Waals surface area contributed by atoms with Crippen LogP contribution in [0.15, 0.2) is 54.7 Å². The number of anilines is 1. The van der Waals surface area contributed by atoms with E-state index in [0.717, 1.165) is 22.2 Å². The summed E-state index contributed by atoms with van der Waals surface area (Å²) >= 11 is 0. The topological polar surface area (TPSA) is 51.2 Å². The molecular weight excluding hydrogens is 324 g/mol. The Hall–Kier alpha value is -2.88. The molecule has 0 aliphatic rings. The van der Waals surface area contributed by atoms with Crippen LogP contribution in [0.25, 0.3) is 10.9 Å². The van der Waals surface area contributed by atoms with E-state index in [4.69, 9.17) is 4.74 Å². The first-order valence-electron chi connectivity index (χ1n) is 8.72. The largest absolute Gasteiger partial charge is 0.484 e. The molecule has 134 valence electrons. The number of nitrogens with zero attached hydrogens (tertiary/aromatic N) is 1. The Kier molecular flexibility index (Phi) is 4.94. The van der Waals surface area contributed by atoms with E-state index in [1.807, 2.05) is 55.5 Å². The normalized spacial score (nSPS) is 11.4. The van der Waals surface area contributed by atoms with Gasteiger partial charge in [-0.15, -0.1) is 0 Å². The molecule has 0 aliphatic carbocycles. The maximum atomic E-state index is 12.3. The van der Waals surface area contributed by atoms with Crippen LogP contribution in [0, 0.1) is 6.92 Å². The highest BCUT2D eigenvalue weighted by Crippen LogP contribution is 2.25. The van der Waals surface area contributed by atoms with E-state index in [1.54, 1.807) is 6.20 Å². The standard InChI is InChI=1S/C22H24N2O2/c1-15-7-12-19(18-6-5-13-23-21(15)18)24-20(25)14-26-17-10-8-16(9-11-17)22(2,3)4/h5-13H,14H2,1-4H3,(H,24,25). The van der Waals surface area contributed by atoms with Crippen molar-refractivity contribution in [1.82, 2.24) is 4.98 Å². The molecule has 1 amide bonds. The maximum Gasteiger partial charge on any atom is 0.262 e. The van der Waals surface area contributed by atoms with Crippen LogP contribution in [-0.2, 0) is 10.2 Å². The summed E-state index contributed by atoms with van der Waals surface area (Å²) in [5.41, 5.74) is 4.04. The highest BCUT2D eigenvalue weighted by molar-refractivity contribution is 6.02. The van der Waals surface area contributed by atoms with Crippen molar-refractivity contribution in [2.45, 2.75) is 33.1 Å². The number of rotatable bonds is 4. The van der Waals surface area contributed by atoms with Gasteiger partial charge >= 0.3 is 0 Å². The first-order chi connectivity index (χ1) is 12.3. The smallest absolute Gasteiger partial charge is 0.262 e. The number of pyridine rings is 1. The third kappa shape index (κ3) is 4.02. The fraction of sp³-hybridized carbons (Fsp3) is 0.273. The number of carbonyl (C=O) groups is 1. The summed E-state index contributed by atoms with van der Waals surface area (Å²) < 4.78 is 5.62. The van der Waals surface area contributed by atoms with Crippen molar-refractivity contribution in [2.24, 2.45) is 0 Å². The molecule has 4 nitrogen and oxygen atoms in total. The van der Waals surface area contributed by atoms with Gasteiger partial charge < -0.3 is 10.1 Å². The summed E-state index contributed by atoms with van der Waals surface area (Å²) in [7, 11) is 0. The fourth-order valence-corrected chi connectivity index (χ4v) is 2.81. The first-order valence-corrected chi connectivity index (χ1v) is 8.72. The van der Waals surface area contributed by atoms with Crippen LogP contribution in [0.1, 0.15) is 31.9 Å². The summed E-state index contributed by atoms with van der Waals surface area (Å²) in [6.07, 6.45) is 1.76. The van der Waals surface area contributed by atoms with Gasteiger partial charge in [0.1, 0.15) is 5.75 Å². The number of hydrogen-bond acceptors (Lipinski definition) is 3. The summed E-state index contributed by atoms with van der Waals surface area (Å²) in [6.45, 7) is 8.46. The van der Waals surface area contributed by atoms with E-state index in [9.17, 15) is 4.79 Å². The van der Waals surface area contributed by atoms with Gasteiger partial charge in [-0.3, -0.25) is 9.78 Å². The molecule has 4 heteroatoms. The lowest BCUT2D eigenvalue weighted by Crippen LogP contribution is -2.20. The molecule has 0 aliphatic heterocycles. The van der Waals surface area contributed by atoms with Crippen molar-refractivity contribution in [3.05, 3.63) is 65.9 Å². The number of ether oxygens (including phenoxy) is 1. The van der Waals surface area contributed by atoms with Gasteiger partial charge in [-0.1, -0.05) is 39.0 Å². The predicted molar refractivity (Wildman–Crippen MR) is 106 cm³/mol. The van der Waals surface area contributed by atoms with Gasteiger partial charge in [0, 0.05) is 11.6 Å². The summed E-state index contributed by atoms with van der Waals surface area (Å²) in [6, 6.07) is 15.5. The molecule has 0 saturated carbocycles. The van der Waals surface area contributed by atoms with Crippen molar-refractivity contribution in [3.8, 4) is 5.75 Å². The lowest BCUT2D eigenvalue weighted by Gasteiger charge is -2.19. The van der Waals surface area contributed by atoms with E-state index >= 15 is 0 Å². The number of benzene rings is 2. The third-order valence-corrected chi connectivity index (χ3v) is 4.34. The van der Waals surface area contributed by atoms with Gasteiger partial charge in [-0.05, 0) is 53.8 Å². The molecule has 0 spiro atoms. The van der Waals surface area contributed by atoms with Crippen LogP contribution in [0.2, 0.25) is 0 Å². The van der Waals surface area contributed by atoms with Crippen molar-refractivity contribution in [1.29, 1.82) is 0 Å². The molecule has 0 saturated heterocycles. The highest BCUT2D eigenvalue weighted by atomic mass is 16.5. The lowest BCUT2D eigenvalue weighted by atomic mass is 9.87. The minimum absolute atomic E-state index is 0.0372. The van der Waals surface area contributed by atoms with Crippen molar-refractivity contribution in [2.75, 3.05) is 11.9 Å². The van der Waals surface area contributed by atoms with Crippen molar-refractivity contribution in [3.63, 3.8) is 0 Å². The molecule has 0 fully saturated rings. The number of nitrogens with one attached hydrogen (secondary N) is 1. The Labute approximate surface area is 154 Å². The zero-order valence-corrected chi connectivity index (χ0v) is 15.7. The van der Waals surface area contributed by atoms with E-state index in [-0.39, 0.29) is 17.9 Å². The molecule has 3 aromatic rings. The van der Waals surface area contributed by atoms with E-state index in [0.29, 0.717) is 5.75 Å². The Bertz CT molecular complexity index is 925. The Morgan fingerprint density at radius 1 is 1.08 bits per heavy atom. The van der Waals surface area contributed by atoms with Crippen LogP contribution in [0.5, 0.6) is 5.75 Å². The van der Waals surface area contributed by atoms with Gasteiger partial charge in [0.2, 0.25) is 0 Å². The van der Waals surface area contributed by atoms with Crippen molar-refractivity contribution < 1.29 is 9.53 Å². The number of carbonyl (C=O) groups excluding carboxylic acids is 1. The third-order valence-electron chi connectivity index (χ3n) is 4.34. The Morgan fingerprint density at radius 3 is 2.50 bits per heavy atom. The summed E-state index contributed by atoms with van der Waals surface area (Å²) in [5, 5.41) is 3.84. The number of hydrogen-bond donors (Lipinski definition) is 1. The molecule has 1 N–H and O–H groups in total. The van der Waals surface area contributed by atoms with Crippen LogP contribution < -0.4 is 10.1 Å². The maximum absolute atomic E-state index is 12.3. The molecule has 0 atom stereocenters. The average molecular weight is 348 g/mol. The monoisotopic (exact) mass is 348 g/mol. The van der Waals surface area contributed by atoms with E-state index in [1.165, 1.54) is 5.56 Å². The highest BCUT2D eigenvalue weighted by Gasteiger charge is 2.13. The molecular formula is C22H24N2O2. The lowest BCUT2D eigenvalue weighted by molar-refractivity contribution is -0.118. The molecule has 2 aromatic carbocycles. The molecule has 0 bridgehead atoms. The Balaban J connectivity index is 1.66. The number of aryl methyl sites for hydroxylation is 1. The van der Waals surface area contributed by atoms with Crippen LogP contribution >= 0.6 is 0 Å². The molecule has 3 rings (SSSR count). The predicted octanol–water partition coefficient (Wildman–Crippen LogP) is 4.86. The minimum atomic E-state index is -0.195. The van der Waals surface area contributed by atoms with Crippen LogP contribution in [0.3, 0.4) is 0 Å². The van der Waals surface area contributed by atoms with Crippen LogP contribution in [0.4, 0.5) is 5.69 Å². The van der Waals surface area contributed by atoms with E-state index < -0.39 is 0 Å². The second-order valence-corrected chi connectivity index (χ2v) is 7.44. The van der Waals surface area contributed by atoms with Gasteiger partial charge in [-0.25, -0.2) is 0 Å². The molecule has 0 radical (unpaired) electrons. The zero-order valence-electron chi connectivity index (χ0n) is 15.7.